The smallest absolute Gasteiger partial charge is 0.123 e. The molecule has 0 amide bonds. The lowest BCUT2D eigenvalue weighted by atomic mass is 10.1. The second-order valence-electron chi connectivity index (χ2n) is 9.49. The van der Waals surface area contributed by atoms with Crippen molar-refractivity contribution in [2.45, 2.75) is 19.3 Å². The fourth-order valence-electron chi connectivity index (χ4n) is 5.05. The van der Waals surface area contributed by atoms with Gasteiger partial charge in [0.05, 0.1) is 0 Å². The molecule has 0 aliphatic carbocycles. The molecule has 3 aromatic heterocycles. The monoisotopic (exact) mass is 481 g/mol. The van der Waals surface area contributed by atoms with E-state index >= 15 is 0 Å². The summed E-state index contributed by atoms with van der Waals surface area (Å²) in [6.07, 6.45) is 12.4. The summed E-state index contributed by atoms with van der Waals surface area (Å²) in [5.41, 5.74) is 6.13. The van der Waals surface area contributed by atoms with Gasteiger partial charge in [-0.1, -0.05) is 12.1 Å². The number of hydrogen-bond donors (Lipinski definition) is 1. The van der Waals surface area contributed by atoms with Crippen LogP contribution in [0.3, 0.4) is 0 Å². The topological polar surface area (TPSA) is 83.7 Å². The van der Waals surface area contributed by atoms with Gasteiger partial charge in [-0.3, -0.25) is 9.13 Å². The van der Waals surface area contributed by atoms with Crippen LogP contribution in [-0.2, 0) is 12.8 Å². The van der Waals surface area contributed by atoms with Crippen molar-refractivity contribution < 1.29 is 0 Å². The standard InChI is InChI=1S/C27H31N9/c1(2-23-17-28-27-8-7-25(16-26(23)27)36-20-31-32-21-36)10-33-12-14-34(15-13-33)11-9-22-3-5-24(6-4-22)35-18-29-30-19-35/h3-8,16-21,28H,1-2,9-15H2. The fraction of sp³-hybridized carbons (Fsp3) is 0.333. The van der Waals surface area contributed by atoms with E-state index in [2.05, 4.69) is 83.8 Å². The van der Waals surface area contributed by atoms with Crippen molar-refractivity contribution >= 4 is 10.9 Å². The van der Waals surface area contributed by atoms with E-state index < -0.39 is 0 Å². The third-order valence-electron chi connectivity index (χ3n) is 7.22. The van der Waals surface area contributed by atoms with E-state index in [0.717, 1.165) is 63.5 Å². The van der Waals surface area contributed by atoms with E-state index in [0.29, 0.717) is 0 Å². The lowest BCUT2D eigenvalue weighted by Gasteiger charge is -2.34. The van der Waals surface area contributed by atoms with Crippen LogP contribution in [0.5, 0.6) is 0 Å². The van der Waals surface area contributed by atoms with Crippen LogP contribution in [0.15, 0.2) is 74.0 Å². The maximum absolute atomic E-state index is 3.93. The average molecular weight is 482 g/mol. The number of nitrogens with zero attached hydrogens (tertiary/aromatic N) is 8. The zero-order valence-electron chi connectivity index (χ0n) is 20.4. The quantitative estimate of drug-likeness (QED) is 0.348. The fourth-order valence-corrected chi connectivity index (χ4v) is 5.05. The van der Waals surface area contributed by atoms with Crippen LogP contribution in [0, 0.1) is 0 Å². The van der Waals surface area contributed by atoms with Gasteiger partial charge in [-0.05, 0) is 67.3 Å². The number of H-pyrrole nitrogens is 1. The molecular formula is C27H31N9. The Labute approximate surface area is 210 Å². The highest BCUT2D eigenvalue weighted by Crippen LogP contribution is 2.23. The van der Waals surface area contributed by atoms with E-state index in [1.807, 2.05) is 9.13 Å². The van der Waals surface area contributed by atoms with E-state index in [-0.39, 0.29) is 0 Å². The van der Waals surface area contributed by atoms with Crippen molar-refractivity contribution in [2.24, 2.45) is 0 Å². The first-order valence-electron chi connectivity index (χ1n) is 12.7. The van der Waals surface area contributed by atoms with Crippen LogP contribution in [-0.4, -0.2) is 83.6 Å². The second kappa shape index (κ2) is 10.4. The number of aromatic nitrogens is 7. The highest BCUT2D eigenvalue weighted by molar-refractivity contribution is 5.85. The molecule has 1 aliphatic rings. The lowest BCUT2D eigenvalue weighted by Crippen LogP contribution is -2.47. The van der Waals surface area contributed by atoms with E-state index in [4.69, 9.17) is 0 Å². The lowest BCUT2D eigenvalue weighted by molar-refractivity contribution is 0.132. The minimum atomic E-state index is 1.08. The van der Waals surface area contributed by atoms with Gasteiger partial charge in [-0.15, -0.1) is 20.4 Å². The molecule has 0 atom stereocenters. The predicted octanol–water partition coefficient (Wildman–Crippen LogP) is 3.12. The van der Waals surface area contributed by atoms with Gasteiger partial charge in [0.1, 0.15) is 25.3 Å². The molecule has 1 saturated heterocycles. The van der Waals surface area contributed by atoms with Gasteiger partial charge >= 0.3 is 0 Å². The molecule has 0 bridgehead atoms. The zero-order valence-corrected chi connectivity index (χ0v) is 20.4. The summed E-state index contributed by atoms with van der Waals surface area (Å²) in [7, 11) is 0. The molecule has 0 radical (unpaired) electrons. The molecule has 0 saturated carbocycles. The summed E-state index contributed by atoms with van der Waals surface area (Å²) < 4.78 is 3.88. The number of fused-ring (bicyclic) bond motifs is 1. The molecule has 9 nitrogen and oxygen atoms in total. The largest absolute Gasteiger partial charge is 0.361 e. The van der Waals surface area contributed by atoms with Crippen LogP contribution in [0.4, 0.5) is 0 Å². The summed E-state index contributed by atoms with van der Waals surface area (Å²) >= 11 is 0. The normalized spacial score (nSPS) is 15.1. The molecule has 9 heteroatoms. The molecule has 184 valence electrons. The van der Waals surface area contributed by atoms with E-state index in [1.54, 1.807) is 25.3 Å². The minimum Gasteiger partial charge on any atom is -0.361 e. The number of nitrogens with one attached hydrogen (secondary N) is 1. The SMILES string of the molecule is c1cc(-n2cnnc2)ccc1CCN1CCN(CCCc2c[nH]c3ccc(-n4cnnc4)cc23)CC1. The van der Waals surface area contributed by atoms with Crippen molar-refractivity contribution in [3.63, 3.8) is 0 Å². The van der Waals surface area contributed by atoms with Crippen LogP contribution in [0.1, 0.15) is 17.5 Å². The molecular weight excluding hydrogens is 450 g/mol. The van der Waals surface area contributed by atoms with Crippen LogP contribution in [0.2, 0.25) is 0 Å². The molecule has 1 aliphatic heterocycles. The van der Waals surface area contributed by atoms with Gasteiger partial charge in [0.25, 0.3) is 0 Å². The third kappa shape index (κ3) is 5.07. The molecule has 36 heavy (non-hydrogen) atoms. The van der Waals surface area contributed by atoms with E-state index in [9.17, 15) is 0 Å². The molecule has 1 N–H and O–H groups in total. The Morgan fingerprint density at radius 1 is 0.667 bits per heavy atom. The van der Waals surface area contributed by atoms with Gasteiger partial charge in [0.2, 0.25) is 0 Å². The summed E-state index contributed by atoms with van der Waals surface area (Å²) in [4.78, 5) is 8.63. The number of rotatable bonds is 9. The summed E-state index contributed by atoms with van der Waals surface area (Å²) in [5, 5.41) is 16.9. The number of hydrogen-bond acceptors (Lipinski definition) is 6. The first kappa shape index (κ1) is 22.6. The van der Waals surface area contributed by atoms with Gasteiger partial charge in [0, 0.05) is 61.2 Å². The number of aryl methyl sites for hydroxylation is 1. The summed E-state index contributed by atoms with van der Waals surface area (Å²) in [6.45, 7) is 6.86. The van der Waals surface area contributed by atoms with Crippen molar-refractivity contribution in [1.29, 1.82) is 0 Å². The molecule has 2 aromatic carbocycles. The maximum atomic E-state index is 3.93. The van der Waals surface area contributed by atoms with E-state index in [1.165, 1.54) is 28.5 Å². The van der Waals surface area contributed by atoms with Crippen LogP contribution >= 0.6 is 0 Å². The first-order valence-corrected chi connectivity index (χ1v) is 12.7. The van der Waals surface area contributed by atoms with Crippen LogP contribution in [0.25, 0.3) is 22.3 Å². The van der Waals surface area contributed by atoms with Gasteiger partial charge in [-0.25, -0.2) is 0 Å². The zero-order chi connectivity index (χ0) is 24.2. The first-order chi connectivity index (χ1) is 17.8. The Morgan fingerprint density at radius 3 is 1.97 bits per heavy atom. The van der Waals surface area contributed by atoms with Crippen molar-refractivity contribution in [3.8, 4) is 11.4 Å². The number of aromatic amines is 1. The second-order valence-corrected chi connectivity index (χ2v) is 9.49. The Morgan fingerprint density at radius 2 is 1.28 bits per heavy atom. The van der Waals surface area contributed by atoms with Gasteiger partial charge in [0.15, 0.2) is 0 Å². The van der Waals surface area contributed by atoms with Crippen molar-refractivity contribution in [3.05, 3.63) is 85.1 Å². The molecule has 0 spiro atoms. The van der Waals surface area contributed by atoms with Gasteiger partial charge < -0.3 is 14.8 Å². The average Bonchev–Trinajstić information content (AvgIpc) is 3.71. The molecule has 1 fully saturated rings. The maximum Gasteiger partial charge on any atom is 0.123 e. The molecule has 6 rings (SSSR count). The van der Waals surface area contributed by atoms with Crippen molar-refractivity contribution in [2.75, 3.05) is 39.3 Å². The Balaban J connectivity index is 0.947. The molecule has 0 unspecified atom stereocenters. The Bertz CT molecular complexity index is 1360. The minimum absolute atomic E-state index is 1.08. The van der Waals surface area contributed by atoms with Crippen LogP contribution < -0.4 is 0 Å². The molecule has 5 aromatic rings. The highest BCUT2D eigenvalue weighted by Gasteiger charge is 2.16. The number of benzene rings is 2. The van der Waals surface area contributed by atoms with Gasteiger partial charge in [-0.2, -0.15) is 0 Å². The Hall–Kier alpha value is -3.82. The number of piperazine rings is 1. The predicted molar refractivity (Wildman–Crippen MR) is 139 cm³/mol. The highest BCUT2D eigenvalue weighted by atomic mass is 15.3. The Kier molecular flexibility index (Phi) is 6.56. The summed E-state index contributed by atoms with van der Waals surface area (Å²) in [5.74, 6) is 0. The molecule has 4 heterocycles. The third-order valence-corrected chi connectivity index (χ3v) is 7.22. The van der Waals surface area contributed by atoms with Crippen molar-refractivity contribution in [1.82, 2.24) is 44.3 Å². The summed E-state index contributed by atoms with van der Waals surface area (Å²) in [6, 6.07) is 15.2.